The second kappa shape index (κ2) is 2.88. The van der Waals surface area contributed by atoms with Crippen molar-refractivity contribution in [2.75, 3.05) is 0 Å². The first-order valence-corrected chi connectivity index (χ1v) is 5.12. The second-order valence-electron chi connectivity index (χ2n) is 4.42. The summed E-state index contributed by atoms with van der Waals surface area (Å²) in [5.74, 6) is 0. The summed E-state index contributed by atoms with van der Waals surface area (Å²) < 4.78 is 0. The van der Waals surface area contributed by atoms with Crippen LogP contribution in [0.2, 0.25) is 0 Å². The van der Waals surface area contributed by atoms with Gasteiger partial charge in [-0.25, -0.2) is 0 Å². The molecule has 1 heteroatoms. The SMILES string of the molecule is C=C1C(O)CCCC12CCCC2. The zero-order valence-corrected chi connectivity index (χ0v) is 7.68. The van der Waals surface area contributed by atoms with E-state index in [9.17, 15) is 5.11 Å². The lowest BCUT2D eigenvalue weighted by molar-refractivity contribution is 0.121. The van der Waals surface area contributed by atoms with Gasteiger partial charge in [0.25, 0.3) is 0 Å². The van der Waals surface area contributed by atoms with Gasteiger partial charge in [0.1, 0.15) is 0 Å². The Morgan fingerprint density at radius 2 is 1.75 bits per heavy atom. The molecule has 1 atom stereocenters. The van der Waals surface area contributed by atoms with Crippen LogP contribution in [0.15, 0.2) is 12.2 Å². The lowest BCUT2D eigenvalue weighted by Gasteiger charge is -2.38. The number of hydrogen-bond acceptors (Lipinski definition) is 1. The molecule has 2 rings (SSSR count). The van der Waals surface area contributed by atoms with E-state index in [-0.39, 0.29) is 6.10 Å². The van der Waals surface area contributed by atoms with E-state index in [2.05, 4.69) is 6.58 Å². The molecule has 0 bridgehead atoms. The molecular weight excluding hydrogens is 148 g/mol. The summed E-state index contributed by atoms with van der Waals surface area (Å²) in [7, 11) is 0. The van der Waals surface area contributed by atoms with Crippen molar-refractivity contribution in [1.82, 2.24) is 0 Å². The second-order valence-corrected chi connectivity index (χ2v) is 4.42. The van der Waals surface area contributed by atoms with E-state index in [1.165, 1.54) is 38.5 Å². The molecule has 68 valence electrons. The van der Waals surface area contributed by atoms with Gasteiger partial charge in [-0.15, -0.1) is 0 Å². The van der Waals surface area contributed by atoms with Gasteiger partial charge in [0, 0.05) is 0 Å². The predicted octanol–water partition coefficient (Wildman–Crippen LogP) is 2.65. The molecule has 2 aliphatic rings. The fourth-order valence-electron chi connectivity index (χ4n) is 2.94. The van der Waals surface area contributed by atoms with Crippen molar-refractivity contribution < 1.29 is 5.11 Å². The van der Waals surface area contributed by atoms with Crippen molar-refractivity contribution in [1.29, 1.82) is 0 Å². The Morgan fingerprint density at radius 3 is 2.42 bits per heavy atom. The molecule has 12 heavy (non-hydrogen) atoms. The predicted molar refractivity (Wildman–Crippen MR) is 49.9 cm³/mol. The van der Waals surface area contributed by atoms with Crippen LogP contribution in [0, 0.1) is 5.41 Å². The van der Waals surface area contributed by atoms with Crippen LogP contribution in [0.1, 0.15) is 44.9 Å². The minimum Gasteiger partial charge on any atom is -0.389 e. The van der Waals surface area contributed by atoms with Crippen LogP contribution in [-0.4, -0.2) is 11.2 Å². The highest BCUT2D eigenvalue weighted by molar-refractivity contribution is 5.19. The highest BCUT2D eigenvalue weighted by Crippen LogP contribution is 2.51. The molecule has 2 fully saturated rings. The molecule has 0 radical (unpaired) electrons. The molecule has 1 nitrogen and oxygen atoms in total. The first-order chi connectivity index (χ1) is 5.75. The molecule has 1 spiro atoms. The van der Waals surface area contributed by atoms with E-state index in [4.69, 9.17) is 0 Å². The average Bonchev–Trinajstić information content (AvgIpc) is 2.50. The van der Waals surface area contributed by atoms with Crippen molar-refractivity contribution in [2.24, 2.45) is 5.41 Å². The summed E-state index contributed by atoms with van der Waals surface area (Å²) in [6, 6.07) is 0. The van der Waals surface area contributed by atoms with Crippen LogP contribution >= 0.6 is 0 Å². The Morgan fingerprint density at radius 1 is 1.17 bits per heavy atom. The van der Waals surface area contributed by atoms with Gasteiger partial charge in [0.05, 0.1) is 6.10 Å². The maximum Gasteiger partial charge on any atom is 0.0752 e. The Balaban J connectivity index is 2.17. The van der Waals surface area contributed by atoms with Gasteiger partial charge in [-0.1, -0.05) is 19.4 Å². The van der Waals surface area contributed by atoms with Crippen molar-refractivity contribution in [3.63, 3.8) is 0 Å². The monoisotopic (exact) mass is 166 g/mol. The highest BCUT2D eigenvalue weighted by Gasteiger charge is 2.40. The van der Waals surface area contributed by atoms with E-state index in [0.717, 1.165) is 12.0 Å². The van der Waals surface area contributed by atoms with Gasteiger partial charge < -0.3 is 5.11 Å². The van der Waals surface area contributed by atoms with Gasteiger partial charge >= 0.3 is 0 Å². The molecule has 0 aromatic rings. The zero-order chi connectivity index (χ0) is 8.60. The molecule has 1 unspecified atom stereocenters. The fraction of sp³-hybridized carbons (Fsp3) is 0.818. The summed E-state index contributed by atoms with van der Waals surface area (Å²) in [4.78, 5) is 0. The Kier molecular flexibility index (Phi) is 1.99. The van der Waals surface area contributed by atoms with Crippen LogP contribution in [0.25, 0.3) is 0 Å². The molecule has 0 aromatic carbocycles. The summed E-state index contributed by atoms with van der Waals surface area (Å²) >= 11 is 0. The first-order valence-electron chi connectivity index (χ1n) is 5.12. The van der Waals surface area contributed by atoms with Crippen LogP contribution in [0.3, 0.4) is 0 Å². The van der Waals surface area contributed by atoms with Crippen LogP contribution in [-0.2, 0) is 0 Å². The molecule has 2 saturated carbocycles. The van der Waals surface area contributed by atoms with E-state index in [0.29, 0.717) is 5.41 Å². The number of aliphatic hydroxyl groups is 1. The third-order valence-corrected chi connectivity index (χ3v) is 3.78. The molecule has 0 aliphatic heterocycles. The number of rotatable bonds is 0. The third-order valence-electron chi connectivity index (χ3n) is 3.78. The average molecular weight is 166 g/mol. The molecule has 2 aliphatic carbocycles. The zero-order valence-electron chi connectivity index (χ0n) is 7.68. The van der Waals surface area contributed by atoms with Crippen LogP contribution in [0.5, 0.6) is 0 Å². The number of aliphatic hydroxyl groups excluding tert-OH is 1. The molecule has 1 N–H and O–H groups in total. The molecule has 0 heterocycles. The molecule has 0 saturated heterocycles. The Bertz CT molecular complexity index is 189. The topological polar surface area (TPSA) is 20.2 Å². The summed E-state index contributed by atoms with van der Waals surface area (Å²) in [5, 5.41) is 9.70. The Labute approximate surface area is 74.5 Å². The van der Waals surface area contributed by atoms with Crippen molar-refractivity contribution in [3.05, 3.63) is 12.2 Å². The van der Waals surface area contributed by atoms with Crippen LogP contribution < -0.4 is 0 Å². The highest BCUT2D eigenvalue weighted by atomic mass is 16.3. The van der Waals surface area contributed by atoms with Gasteiger partial charge in [-0.3, -0.25) is 0 Å². The smallest absolute Gasteiger partial charge is 0.0752 e. The minimum absolute atomic E-state index is 0.197. The van der Waals surface area contributed by atoms with Crippen LogP contribution in [0.4, 0.5) is 0 Å². The standard InChI is InChI=1S/C11H18O/c1-9-10(12)5-4-8-11(9)6-2-3-7-11/h10,12H,1-8H2. The fourth-order valence-corrected chi connectivity index (χ4v) is 2.94. The van der Waals surface area contributed by atoms with Crippen molar-refractivity contribution in [2.45, 2.75) is 51.0 Å². The minimum atomic E-state index is -0.197. The first kappa shape index (κ1) is 8.31. The summed E-state index contributed by atoms with van der Waals surface area (Å²) in [6.45, 7) is 4.08. The maximum absolute atomic E-state index is 9.70. The summed E-state index contributed by atoms with van der Waals surface area (Å²) in [5.41, 5.74) is 1.50. The van der Waals surface area contributed by atoms with Gasteiger partial charge in [-0.05, 0) is 43.1 Å². The van der Waals surface area contributed by atoms with E-state index < -0.39 is 0 Å². The van der Waals surface area contributed by atoms with E-state index in [1.54, 1.807) is 0 Å². The van der Waals surface area contributed by atoms with Gasteiger partial charge in [0.2, 0.25) is 0 Å². The van der Waals surface area contributed by atoms with E-state index in [1.807, 2.05) is 0 Å². The van der Waals surface area contributed by atoms with Crippen molar-refractivity contribution in [3.8, 4) is 0 Å². The third kappa shape index (κ3) is 1.11. The molecular formula is C11H18O. The summed E-state index contributed by atoms with van der Waals surface area (Å²) in [6.07, 6.45) is 8.46. The van der Waals surface area contributed by atoms with E-state index >= 15 is 0 Å². The molecule has 0 aromatic heterocycles. The Hall–Kier alpha value is -0.300. The van der Waals surface area contributed by atoms with Gasteiger partial charge in [0.15, 0.2) is 0 Å². The lowest BCUT2D eigenvalue weighted by atomic mass is 9.68. The maximum atomic E-state index is 9.70. The van der Waals surface area contributed by atoms with Gasteiger partial charge in [-0.2, -0.15) is 0 Å². The lowest BCUT2D eigenvalue weighted by Crippen LogP contribution is -2.31. The molecule has 0 amide bonds. The normalized spacial score (nSPS) is 34.4. The quantitative estimate of drug-likeness (QED) is 0.548. The number of hydrogen-bond donors (Lipinski definition) is 1. The van der Waals surface area contributed by atoms with Crippen molar-refractivity contribution >= 4 is 0 Å². The largest absolute Gasteiger partial charge is 0.389 e.